The Hall–Kier alpha value is -0.870. The predicted octanol–water partition coefficient (Wildman–Crippen LogP) is 3.60. The summed E-state index contributed by atoms with van der Waals surface area (Å²) < 4.78 is 0. The van der Waals surface area contributed by atoms with Crippen molar-refractivity contribution < 1.29 is 0 Å². The lowest BCUT2D eigenvalue weighted by Gasteiger charge is -2.12. The molecule has 2 aromatic carbocycles. The van der Waals surface area contributed by atoms with Crippen LogP contribution in [0.3, 0.4) is 0 Å². The summed E-state index contributed by atoms with van der Waals surface area (Å²) in [4.78, 5) is 0. The lowest BCUT2D eigenvalue weighted by molar-refractivity contribution is 1.50. The van der Waals surface area contributed by atoms with Crippen LogP contribution < -0.4 is 5.30 Å². The van der Waals surface area contributed by atoms with Crippen molar-refractivity contribution in [2.24, 2.45) is 0 Å². The van der Waals surface area contributed by atoms with Gasteiger partial charge in [0, 0.05) is 0 Å². The Morgan fingerprint density at radius 2 is 1.71 bits per heavy atom. The number of rotatable bonds is 2. The molecule has 0 radical (unpaired) electrons. The van der Waals surface area contributed by atoms with E-state index in [-0.39, 0.29) is 7.92 Å². The SMILES string of the molecule is CCP(C)c1cccc2ccccc12. The maximum atomic E-state index is 2.36. The largest absolute Gasteiger partial charge is 0.0781 e. The Balaban J connectivity index is 2.65. The van der Waals surface area contributed by atoms with Crippen LogP contribution in [0.25, 0.3) is 10.8 Å². The lowest BCUT2D eigenvalue weighted by Crippen LogP contribution is -2.02. The number of hydrogen-bond acceptors (Lipinski definition) is 0. The van der Waals surface area contributed by atoms with E-state index in [1.165, 1.54) is 16.9 Å². The van der Waals surface area contributed by atoms with Crippen LogP contribution in [0.2, 0.25) is 0 Å². The van der Waals surface area contributed by atoms with Gasteiger partial charge < -0.3 is 0 Å². The van der Waals surface area contributed by atoms with Gasteiger partial charge in [0.2, 0.25) is 0 Å². The van der Waals surface area contributed by atoms with E-state index in [0.717, 1.165) is 0 Å². The molecule has 2 rings (SSSR count). The summed E-state index contributed by atoms with van der Waals surface area (Å²) in [5.74, 6) is 0. The molecule has 0 aliphatic heterocycles. The highest BCUT2D eigenvalue weighted by atomic mass is 31.1. The van der Waals surface area contributed by atoms with Crippen molar-refractivity contribution in [3.63, 3.8) is 0 Å². The Bertz CT molecular complexity index is 429. The van der Waals surface area contributed by atoms with E-state index in [2.05, 4.69) is 56.1 Å². The molecule has 0 aliphatic rings. The molecule has 1 unspecified atom stereocenters. The third kappa shape index (κ3) is 1.67. The summed E-state index contributed by atoms with van der Waals surface area (Å²) in [7, 11) is 0.0267. The minimum atomic E-state index is 0.0267. The quantitative estimate of drug-likeness (QED) is 0.653. The van der Waals surface area contributed by atoms with Gasteiger partial charge in [-0.25, -0.2) is 0 Å². The molecule has 0 aliphatic carbocycles. The zero-order chi connectivity index (χ0) is 9.97. The van der Waals surface area contributed by atoms with Crippen LogP contribution in [0, 0.1) is 0 Å². The normalized spacial score (nSPS) is 13.0. The zero-order valence-electron chi connectivity index (χ0n) is 8.70. The van der Waals surface area contributed by atoms with Crippen LogP contribution in [-0.2, 0) is 0 Å². The van der Waals surface area contributed by atoms with Crippen LogP contribution in [0.15, 0.2) is 42.5 Å². The van der Waals surface area contributed by atoms with Crippen molar-refractivity contribution in [1.82, 2.24) is 0 Å². The summed E-state index contributed by atoms with van der Waals surface area (Å²) in [5, 5.41) is 4.35. The highest BCUT2D eigenvalue weighted by Gasteiger charge is 2.05. The van der Waals surface area contributed by atoms with E-state index in [0.29, 0.717) is 0 Å². The molecule has 0 nitrogen and oxygen atoms in total. The second-order valence-electron chi connectivity index (χ2n) is 3.51. The Morgan fingerprint density at radius 3 is 2.50 bits per heavy atom. The van der Waals surface area contributed by atoms with Gasteiger partial charge in [-0.1, -0.05) is 57.3 Å². The van der Waals surface area contributed by atoms with Crippen LogP contribution in [-0.4, -0.2) is 12.8 Å². The molecule has 0 bridgehead atoms. The Kier molecular flexibility index (Phi) is 2.84. The third-order valence-electron chi connectivity index (χ3n) is 2.65. The van der Waals surface area contributed by atoms with E-state index in [9.17, 15) is 0 Å². The van der Waals surface area contributed by atoms with E-state index in [4.69, 9.17) is 0 Å². The third-order valence-corrected chi connectivity index (χ3v) is 4.81. The van der Waals surface area contributed by atoms with E-state index in [1.807, 2.05) is 0 Å². The molecular formula is C13H15P. The molecule has 14 heavy (non-hydrogen) atoms. The van der Waals surface area contributed by atoms with E-state index >= 15 is 0 Å². The summed E-state index contributed by atoms with van der Waals surface area (Å²) in [5.41, 5.74) is 0. The van der Waals surface area contributed by atoms with Gasteiger partial charge in [0.1, 0.15) is 0 Å². The van der Waals surface area contributed by atoms with Gasteiger partial charge in [-0.3, -0.25) is 0 Å². The van der Waals surface area contributed by atoms with E-state index in [1.54, 1.807) is 5.30 Å². The van der Waals surface area contributed by atoms with Crippen LogP contribution >= 0.6 is 7.92 Å². The standard InChI is InChI=1S/C13H15P/c1-3-14(2)13-10-6-8-11-7-4-5-9-12(11)13/h4-10H,3H2,1-2H3. The van der Waals surface area contributed by atoms with Gasteiger partial charge in [0.15, 0.2) is 0 Å². The molecule has 0 N–H and O–H groups in total. The first-order valence-corrected chi connectivity index (χ1v) is 6.99. The highest BCUT2D eigenvalue weighted by Crippen LogP contribution is 2.31. The van der Waals surface area contributed by atoms with Crippen molar-refractivity contribution >= 4 is 24.0 Å². The van der Waals surface area contributed by atoms with Crippen LogP contribution in [0.4, 0.5) is 0 Å². The van der Waals surface area contributed by atoms with Crippen molar-refractivity contribution in [3.05, 3.63) is 42.5 Å². The monoisotopic (exact) mass is 202 g/mol. The zero-order valence-corrected chi connectivity index (χ0v) is 9.59. The first kappa shape index (κ1) is 9.68. The highest BCUT2D eigenvalue weighted by molar-refractivity contribution is 7.65. The molecule has 1 heteroatoms. The fraction of sp³-hybridized carbons (Fsp3) is 0.231. The maximum absolute atomic E-state index is 2.36. The molecule has 0 amide bonds. The van der Waals surface area contributed by atoms with Gasteiger partial charge in [0.25, 0.3) is 0 Å². The molecular weight excluding hydrogens is 187 g/mol. The first-order valence-electron chi connectivity index (χ1n) is 5.02. The molecule has 0 saturated carbocycles. The second kappa shape index (κ2) is 4.11. The molecule has 0 aromatic heterocycles. The van der Waals surface area contributed by atoms with Gasteiger partial charge in [-0.2, -0.15) is 0 Å². The Labute approximate surface area is 86.7 Å². The molecule has 0 saturated heterocycles. The van der Waals surface area contributed by atoms with Crippen molar-refractivity contribution in [1.29, 1.82) is 0 Å². The second-order valence-corrected chi connectivity index (χ2v) is 6.02. The van der Waals surface area contributed by atoms with Crippen molar-refractivity contribution in [2.45, 2.75) is 6.92 Å². The number of benzene rings is 2. The topological polar surface area (TPSA) is 0 Å². The summed E-state index contributed by atoms with van der Waals surface area (Å²) >= 11 is 0. The summed E-state index contributed by atoms with van der Waals surface area (Å²) in [6.07, 6.45) is 1.27. The van der Waals surface area contributed by atoms with E-state index < -0.39 is 0 Å². The van der Waals surface area contributed by atoms with Crippen molar-refractivity contribution in [2.75, 3.05) is 12.8 Å². The number of hydrogen-bond donors (Lipinski definition) is 0. The average Bonchev–Trinajstić information content (AvgIpc) is 2.27. The van der Waals surface area contributed by atoms with Gasteiger partial charge >= 0.3 is 0 Å². The van der Waals surface area contributed by atoms with Crippen LogP contribution in [0.5, 0.6) is 0 Å². The fourth-order valence-electron chi connectivity index (χ4n) is 1.71. The maximum Gasteiger partial charge on any atom is -0.0107 e. The Morgan fingerprint density at radius 1 is 1.00 bits per heavy atom. The van der Waals surface area contributed by atoms with Gasteiger partial charge in [-0.05, 0) is 28.9 Å². The molecule has 0 heterocycles. The predicted molar refractivity (Wildman–Crippen MR) is 67.0 cm³/mol. The molecule has 1 atom stereocenters. The van der Waals surface area contributed by atoms with Gasteiger partial charge in [0.05, 0.1) is 0 Å². The summed E-state index contributed by atoms with van der Waals surface area (Å²) in [6, 6.07) is 15.3. The minimum Gasteiger partial charge on any atom is -0.0781 e. The summed E-state index contributed by atoms with van der Waals surface area (Å²) in [6.45, 7) is 4.63. The fourth-order valence-corrected chi connectivity index (χ4v) is 3.01. The molecule has 0 spiro atoms. The van der Waals surface area contributed by atoms with Gasteiger partial charge in [-0.15, -0.1) is 0 Å². The molecule has 0 fully saturated rings. The molecule has 72 valence electrons. The first-order chi connectivity index (χ1) is 6.83. The minimum absolute atomic E-state index is 0.0267. The molecule has 2 aromatic rings. The number of fused-ring (bicyclic) bond motifs is 1. The smallest absolute Gasteiger partial charge is 0.0107 e. The lowest BCUT2D eigenvalue weighted by atomic mass is 10.1. The van der Waals surface area contributed by atoms with Crippen molar-refractivity contribution in [3.8, 4) is 0 Å². The average molecular weight is 202 g/mol. The van der Waals surface area contributed by atoms with Crippen LogP contribution in [0.1, 0.15) is 6.92 Å².